The predicted molar refractivity (Wildman–Crippen MR) is 163 cm³/mol. The summed E-state index contributed by atoms with van der Waals surface area (Å²) in [7, 11) is 0. The monoisotopic (exact) mass is 566 g/mol. The highest BCUT2D eigenvalue weighted by molar-refractivity contribution is 5.91. The second-order valence-electron chi connectivity index (χ2n) is 10.3. The normalized spacial score (nSPS) is 11.6. The third-order valence-corrected chi connectivity index (χ3v) is 7.59. The number of fused-ring (bicyclic) bond motifs is 2. The lowest BCUT2D eigenvalue weighted by Crippen LogP contribution is -2.03. The maximum Gasteiger partial charge on any atom is 0.416 e. The van der Waals surface area contributed by atoms with Gasteiger partial charge in [0, 0.05) is 11.6 Å². The Hall–Kier alpha value is -5.67. The minimum absolute atomic E-state index is 0.509. The summed E-state index contributed by atoms with van der Waals surface area (Å²) in [6.07, 6.45) is -4.34. The third kappa shape index (κ3) is 5.13. The molecule has 1 aromatic heterocycles. The molecule has 43 heavy (non-hydrogen) atoms. The average molecular weight is 567 g/mol. The van der Waals surface area contributed by atoms with Crippen LogP contribution in [0.1, 0.15) is 11.1 Å². The molecule has 0 unspecified atom stereocenters. The summed E-state index contributed by atoms with van der Waals surface area (Å²) in [4.78, 5) is 4.55. The first-order valence-corrected chi connectivity index (χ1v) is 13.6. The second kappa shape index (κ2) is 10.3. The van der Waals surface area contributed by atoms with E-state index in [2.05, 4.69) is 47.5 Å². The molecule has 206 valence electrons. The molecule has 7 rings (SSSR count). The number of hydrogen-bond acceptors (Lipinski definition) is 3. The topological polar surface area (TPSA) is 49.8 Å². The summed E-state index contributed by atoms with van der Waals surface area (Å²) in [5.74, 6) is 0.509. The minimum Gasteiger partial charge on any atom is -0.436 e. The molecule has 0 N–H and O–H groups in total. The summed E-state index contributed by atoms with van der Waals surface area (Å²) in [6, 6.07) is 41.1. The lowest BCUT2D eigenvalue weighted by molar-refractivity contribution is -0.137. The van der Waals surface area contributed by atoms with E-state index in [1.54, 1.807) is 18.2 Å². The van der Waals surface area contributed by atoms with Crippen LogP contribution >= 0.6 is 0 Å². The molecule has 0 saturated heterocycles. The second-order valence-corrected chi connectivity index (χ2v) is 10.3. The number of hydrogen-bond donors (Lipinski definition) is 0. The Labute approximate surface area is 245 Å². The van der Waals surface area contributed by atoms with E-state index >= 15 is 0 Å². The van der Waals surface area contributed by atoms with Crippen molar-refractivity contribution < 1.29 is 17.6 Å². The van der Waals surface area contributed by atoms with Gasteiger partial charge in [0.2, 0.25) is 5.89 Å². The SMILES string of the molecule is N#Cc1ccc2nc(-c3ccc(-c4ccc5cc(-c6ccc(-c7ccc(C(F)(F)F)cc7)cc6)ccc5c4)cc3)oc2c1. The number of benzene rings is 6. The Kier molecular flexibility index (Phi) is 6.29. The molecule has 0 aliphatic carbocycles. The zero-order chi connectivity index (χ0) is 29.6. The van der Waals surface area contributed by atoms with Crippen molar-refractivity contribution in [2.75, 3.05) is 0 Å². The van der Waals surface area contributed by atoms with Crippen LogP contribution in [0.25, 0.3) is 66.7 Å². The lowest BCUT2D eigenvalue weighted by atomic mass is 9.96. The Morgan fingerprint density at radius 3 is 1.51 bits per heavy atom. The molecule has 0 amide bonds. The molecule has 6 aromatic carbocycles. The zero-order valence-electron chi connectivity index (χ0n) is 22.6. The van der Waals surface area contributed by atoms with Gasteiger partial charge in [-0.15, -0.1) is 0 Å². The van der Waals surface area contributed by atoms with Gasteiger partial charge in [-0.1, -0.05) is 72.8 Å². The molecule has 7 aromatic rings. The standard InChI is InChI=1S/C37H21F3N2O/c38-37(39,40)33-16-14-25(15-17-33)24-2-4-26(5-3-24)29-10-12-32-21-30(11-13-31(32)20-29)27-6-8-28(9-7-27)36-42-34-18-1-23(22-41)19-35(34)43-36/h1-21H. The van der Waals surface area contributed by atoms with Gasteiger partial charge in [-0.05, 0) is 92.7 Å². The van der Waals surface area contributed by atoms with Crippen molar-refractivity contribution in [2.45, 2.75) is 6.18 Å². The van der Waals surface area contributed by atoms with E-state index in [0.717, 1.165) is 61.8 Å². The molecular formula is C37H21F3N2O. The highest BCUT2D eigenvalue weighted by atomic mass is 19.4. The Morgan fingerprint density at radius 2 is 1.00 bits per heavy atom. The third-order valence-electron chi connectivity index (χ3n) is 7.59. The van der Waals surface area contributed by atoms with Crippen LogP contribution in [0.2, 0.25) is 0 Å². The van der Waals surface area contributed by atoms with Crippen LogP contribution in [0.3, 0.4) is 0 Å². The van der Waals surface area contributed by atoms with Crippen molar-refractivity contribution in [1.82, 2.24) is 4.98 Å². The lowest BCUT2D eigenvalue weighted by Gasteiger charge is -2.10. The Bertz CT molecular complexity index is 2150. The summed E-state index contributed by atoms with van der Waals surface area (Å²) in [6.45, 7) is 0. The van der Waals surface area contributed by atoms with Crippen LogP contribution in [0.5, 0.6) is 0 Å². The molecule has 0 bridgehead atoms. The van der Waals surface area contributed by atoms with E-state index < -0.39 is 11.7 Å². The minimum atomic E-state index is -4.34. The van der Waals surface area contributed by atoms with Gasteiger partial charge >= 0.3 is 6.18 Å². The van der Waals surface area contributed by atoms with Crippen LogP contribution in [0.15, 0.2) is 132 Å². The first-order chi connectivity index (χ1) is 20.8. The van der Waals surface area contributed by atoms with Crippen LogP contribution in [-0.2, 0) is 6.18 Å². The van der Waals surface area contributed by atoms with Gasteiger partial charge in [-0.2, -0.15) is 18.4 Å². The quantitative estimate of drug-likeness (QED) is 0.213. The van der Waals surface area contributed by atoms with Crippen molar-refractivity contribution >= 4 is 21.9 Å². The predicted octanol–water partition coefficient (Wildman–Crippen LogP) is 10.5. The first kappa shape index (κ1) is 26.2. The van der Waals surface area contributed by atoms with Crippen molar-refractivity contribution in [3.05, 3.63) is 139 Å². The van der Waals surface area contributed by atoms with E-state index in [0.29, 0.717) is 22.6 Å². The fraction of sp³-hybridized carbons (Fsp3) is 0.0270. The van der Waals surface area contributed by atoms with Gasteiger partial charge in [0.15, 0.2) is 5.58 Å². The summed E-state index contributed by atoms with van der Waals surface area (Å²) in [5, 5.41) is 11.3. The molecule has 1 heterocycles. The fourth-order valence-corrected chi connectivity index (χ4v) is 5.23. The van der Waals surface area contributed by atoms with Gasteiger partial charge in [-0.3, -0.25) is 0 Å². The number of rotatable bonds is 4. The number of halogens is 3. The Morgan fingerprint density at radius 1 is 0.535 bits per heavy atom. The van der Waals surface area contributed by atoms with E-state index in [4.69, 9.17) is 9.68 Å². The number of aromatic nitrogens is 1. The molecule has 0 fully saturated rings. The van der Waals surface area contributed by atoms with E-state index in [-0.39, 0.29) is 0 Å². The molecule has 0 aliphatic rings. The molecule has 3 nitrogen and oxygen atoms in total. The van der Waals surface area contributed by atoms with Gasteiger partial charge < -0.3 is 4.42 Å². The zero-order valence-corrected chi connectivity index (χ0v) is 22.6. The smallest absolute Gasteiger partial charge is 0.416 e. The van der Waals surface area contributed by atoms with Crippen LogP contribution in [-0.4, -0.2) is 4.98 Å². The van der Waals surface area contributed by atoms with Crippen LogP contribution in [0.4, 0.5) is 13.2 Å². The molecule has 0 spiro atoms. The number of oxazole rings is 1. The molecule has 0 radical (unpaired) electrons. The van der Waals surface area contributed by atoms with Crippen molar-refractivity contribution in [3.8, 4) is 50.9 Å². The first-order valence-electron chi connectivity index (χ1n) is 13.6. The van der Waals surface area contributed by atoms with Gasteiger partial charge in [-0.25, -0.2) is 4.98 Å². The fourth-order valence-electron chi connectivity index (χ4n) is 5.23. The van der Waals surface area contributed by atoms with Gasteiger partial charge in [0.05, 0.1) is 17.2 Å². The number of alkyl halides is 3. The van der Waals surface area contributed by atoms with Gasteiger partial charge in [0.1, 0.15) is 5.52 Å². The van der Waals surface area contributed by atoms with Gasteiger partial charge in [0.25, 0.3) is 0 Å². The highest BCUT2D eigenvalue weighted by Crippen LogP contribution is 2.33. The highest BCUT2D eigenvalue weighted by Gasteiger charge is 2.30. The Balaban J connectivity index is 1.10. The molecule has 0 aliphatic heterocycles. The number of nitriles is 1. The van der Waals surface area contributed by atoms with E-state index in [9.17, 15) is 13.2 Å². The van der Waals surface area contributed by atoms with E-state index in [1.807, 2.05) is 48.5 Å². The molecule has 0 saturated carbocycles. The largest absolute Gasteiger partial charge is 0.436 e. The molecule has 0 atom stereocenters. The van der Waals surface area contributed by atoms with Crippen molar-refractivity contribution in [3.63, 3.8) is 0 Å². The molecular weight excluding hydrogens is 545 g/mol. The average Bonchev–Trinajstić information content (AvgIpc) is 3.48. The molecule has 6 heteroatoms. The van der Waals surface area contributed by atoms with Crippen LogP contribution in [0, 0.1) is 11.3 Å². The van der Waals surface area contributed by atoms with Crippen molar-refractivity contribution in [1.29, 1.82) is 5.26 Å². The van der Waals surface area contributed by atoms with Crippen molar-refractivity contribution in [2.24, 2.45) is 0 Å². The number of nitrogens with zero attached hydrogens (tertiary/aromatic N) is 2. The summed E-state index contributed by atoms with van der Waals surface area (Å²) < 4.78 is 44.6. The maximum absolute atomic E-state index is 12.9. The van der Waals surface area contributed by atoms with E-state index in [1.165, 1.54) is 12.1 Å². The maximum atomic E-state index is 12.9. The summed E-state index contributed by atoms with van der Waals surface area (Å²) >= 11 is 0. The summed E-state index contributed by atoms with van der Waals surface area (Å²) in [5.41, 5.74) is 7.87. The van der Waals surface area contributed by atoms with Crippen LogP contribution < -0.4 is 0 Å².